The second-order valence-corrected chi connectivity index (χ2v) is 10.5. The van der Waals surface area contributed by atoms with Crippen LogP contribution in [0, 0.1) is 0 Å². The molecule has 0 N–H and O–H groups in total. The van der Waals surface area contributed by atoms with Gasteiger partial charge in [-0.05, 0) is 85.7 Å². The summed E-state index contributed by atoms with van der Waals surface area (Å²) in [5.41, 5.74) is 3.05. The van der Waals surface area contributed by atoms with Gasteiger partial charge in [-0.3, -0.25) is 9.69 Å². The molecule has 0 spiro atoms. The summed E-state index contributed by atoms with van der Waals surface area (Å²) in [5, 5.41) is 0.676. The summed E-state index contributed by atoms with van der Waals surface area (Å²) >= 11 is 6.18. The fourth-order valence-electron chi connectivity index (χ4n) is 6.08. The molecule has 0 aromatic heterocycles. The molecule has 0 radical (unpaired) electrons. The number of hydrogen-bond acceptors (Lipinski definition) is 3. The lowest BCUT2D eigenvalue weighted by Crippen LogP contribution is -2.51. The number of rotatable bonds is 6. The van der Waals surface area contributed by atoms with E-state index in [4.69, 9.17) is 16.3 Å². The van der Waals surface area contributed by atoms with E-state index in [1.807, 2.05) is 53.4 Å². The Balaban J connectivity index is 1.34. The Morgan fingerprint density at radius 3 is 2.19 bits per heavy atom. The third-order valence-corrected chi connectivity index (χ3v) is 8.20. The first kappa shape index (κ1) is 24.9. The van der Waals surface area contributed by atoms with Crippen LogP contribution < -0.4 is 9.64 Å². The third kappa shape index (κ3) is 5.45. The fraction of sp³-hybridized carbons (Fsp3) is 0.387. The molecule has 1 heterocycles. The van der Waals surface area contributed by atoms with E-state index < -0.39 is 0 Å². The van der Waals surface area contributed by atoms with Crippen molar-refractivity contribution in [2.24, 2.45) is 0 Å². The van der Waals surface area contributed by atoms with Gasteiger partial charge in [-0.2, -0.15) is 0 Å². The molecule has 2 aliphatic rings. The molecular formula is C31H35ClN2O2. The Bertz CT molecular complexity index is 1130. The number of amides is 1. The number of hydrogen-bond donors (Lipinski definition) is 0. The number of anilines is 1. The number of piperidine rings is 1. The summed E-state index contributed by atoms with van der Waals surface area (Å²) in [6.07, 6.45) is 7.07. The van der Waals surface area contributed by atoms with Gasteiger partial charge in [0.25, 0.3) is 5.91 Å². The SMILES string of the molecule is COc1ccc(C(=O)N(c2ccc(Cl)cc2)C2CCN(C3CCCCC3c3ccccc3)CC2)cc1. The van der Waals surface area contributed by atoms with E-state index in [1.165, 1.54) is 31.2 Å². The summed E-state index contributed by atoms with van der Waals surface area (Å²) in [4.78, 5) is 18.5. The number of carbonyl (C=O) groups is 1. The maximum absolute atomic E-state index is 13.8. The van der Waals surface area contributed by atoms with Crippen LogP contribution in [-0.2, 0) is 0 Å². The van der Waals surface area contributed by atoms with Gasteiger partial charge in [-0.25, -0.2) is 0 Å². The molecule has 36 heavy (non-hydrogen) atoms. The highest BCUT2D eigenvalue weighted by Gasteiger charge is 2.36. The number of methoxy groups -OCH3 is 1. The Hall–Kier alpha value is -2.82. The van der Waals surface area contributed by atoms with Crippen molar-refractivity contribution in [1.29, 1.82) is 0 Å². The molecule has 188 valence electrons. The monoisotopic (exact) mass is 502 g/mol. The molecule has 2 fully saturated rings. The predicted molar refractivity (Wildman–Crippen MR) is 147 cm³/mol. The Morgan fingerprint density at radius 2 is 1.53 bits per heavy atom. The first-order valence-electron chi connectivity index (χ1n) is 13.2. The van der Waals surface area contributed by atoms with Crippen LogP contribution in [-0.4, -0.2) is 43.1 Å². The molecule has 1 aliphatic heterocycles. The van der Waals surface area contributed by atoms with E-state index >= 15 is 0 Å². The number of ether oxygens (including phenoxy) is 1. The number of carbonyl (C=O) groups excluding carboxylic acids is 1. The second-order valence-electron chi connectivity index (χ2n) is 10.0. The minimum absolute atomic E-state index is 0.0262. The molecule has 3 aromatic carbocycles. The Morgan fingerprint density at radius 1 is 0.861 bits per heavy atom. The molecule has 5 rings (SSSR count). The van der Waals surface area contributed by atoms with Gasteiger partial charge in [0.2, 0.25) is 0 Å². The summed E-state index contributed by atoms with van der Waals surface area (Å²) in [6.45, 7) is 2.03. The van der Waals surface area contributed by atoms with Gasteiger partial charge < -0.3 is 9.64 Å². The van der Waals surface area contributed by atoms with Crippen LogP contribution in [0.25, 0.3) is 0 Å². The lowest BCUT2D eigenvalue weighted by Gasteiger charge is -2.45. The highest BCUT2D eigenvalue weighted by molar-refractivity contribution is 6.30. The fourth-order valence-corrected chi connectivity index (χ4v) is 6.21. The molecule has 0 bridgehead atoms. The molecule has 2 unspecified atom stereocenters. The zero-order chi connectivity index (χ0) is 24.9. The van der Waals surface area contributed by atoms with E-state index in [9.17, 15) is 4.79 Å². The van der Waals surface area contributed by atoms with Gasteiger partial charge in [-0.15, -0.1) is 0 Å². The number of benzene rings is 3. The normalized spacial score (nSPS) is 21.2. The minimum atomic E-state index is 0.0262. The third-order valence-electron chi connectivity index (χ3n) is 7.95. The molecule has 3 aromatic rings. The summed E-state index contributed by atoms with van der Waals surface area (Å²) in [7, 11) is 1.64. The highest BCUT2D eigenvalue weighted by atomic mass is 35.5. The zero-order valence-corrected chi connectivity index (χ0v) is 21.7. The molecule has 2 atom stereocenters. The summed E-state index contributed by atoms with van der Waals surface area (Å²) in [5.74, 6) is 1.38. The van der Waals surface area contributed by atoms with Crippen molar-refractivity contribution in [3.8, 4) is 5.75 Å². The van der Waals surface area contributed by atoms with Crippen LogP contribution in [0.5, 0.6) is 5.75 Å². The first-order valence-corrected chi connectivity index (χ1v) is 13.5. The van der Waals surface area contributed by atoms with Gasteiger partial charge in [0.05, 0.1) is 7.11 Å². The number of likely N-dealkylation sites (tertiary alicyclic amines) is 1. The van der Waals surface area contributed by atoms with Crippen LogP contribution in [0.4, 0.5) is 5.69 Å². The lowest BCUT2D eigenvalue weighted by atomic mass is 9.78. The van der Waals surface area contributed by atoms with Crippen LogP contribution in [0.2, 0.25) is 5.02 Å². The van der Waals surface area contributed by atoms with Gasteiger partial charge in [0.15, 0.2) is 0 Å². The average Bonchev–Trinajstić information content (AvgIpc) is 2.95. The second kappa shape index (κ2) is 11.5. The van der Waals surface area contributed by atoms with Crippen LogP contribution in [0.15, 0.2) is 78.9 Å². The van der Waals surface area contributed by atoms with Crippen LogP contribution >= 0.6 is 11.6 Å². The van der Waals surface area contributed by atoms with Crippen molar-refractivity contribution in [3.05, 3.63) is 95.0 Å². The van der Waals surface area contributed by atoms with Crippen molar-refractivity contribution < 1.29 is 9.53 Å². The molecule has 1 aliphatic carbocycles. The van der Waals surface area contributed by atoms with Crippen molar-refractivity contribution >= 4 is 23.2 Å². The smallest absolute Gasteiger partial charge is 0.258 e. The van der Waals surface area contributed by atoms with E-state index in [-0.39, 0.29) is 11.9 Å². The first-order chi connectivity index (χ1) is 17.6. The predicted octanol–water partition coefficient (Wildman–Crippen LogP) is 7.19. The van der Waals surface area contributed by atoms with E-state index in [1.54, 1.807) is 7.11 Å². The van der Waals surface area contributed by atoms with E-state index in [0.717, 1.165) is 37.4 Å². The van der Waals surface area contributed by atoms with Crippen molar-refractivity contribution in [3.63, 3.8) is 0 Å². The van der Waals surface area contributed by atoms with Gasteiger partial charge in [0, 0.05) is 41.4 Å². The topological polar surface area (TPSA) is 32.8 Å². The number of halogens is 1. The number of nitrogens with zero attached hydrogens (tertiary/aromatic N) is 2. The molecule has 1 saturated heterocycles. The highest BCUT2D eigenvalue weighted by Crippen LogP contribution is 2.38. The van der Waals surface area contributed by atoms with E-state index in [0.29, 0.717) is 22.5 Å². The molecular weight excluding hydrogens is 468 g/mol. The van der Waals surface area contributed by atoms with Gasteiger partial charge in [-0.1, -0.05) is 54.8 Å². The quantitative estimate of drug-likeness (QED) is 0.357. The Labute approximate surface area is 219 Å². The maximum Gasteiger partial charge on any atom is 0.258 e. The molecule has 5 heteroatoms. The maximum atomic E-state index is 13.8. The minimum Gasteiger partial charge on any atom is -0.497 e. The molecule has 1 saturated carbocycles. The zero-order valence-electron chi connectivity index (χ0n) is 21.0. The molecule has 4 nitrogen and oxygen atoms in total. The summed E-state index contributed by atoms with van der Waals surface area (Å²) < 4.78 is 5.29. The van der Waals surface area contributed by atoms with E-state index in [2.05, 4.69) is 35.2 Å². The molecule has 1 amide bonds. The van der Waals surface area contributed by atoms with Gasteiger partial charge >= 0.3 is 0 Å². The van der Waals surface area contributed by atoms with Gasteiger partial charge in [0.1, 0.15) is 5.75 Å². The summed E-state index contributed by atoms with van der Waals surface area (Å²) in [6, 6.07) is 26.8. The van der Waals surface area contributed by atoms with Crippen molar-refractivity contribution in [1.82, 2.24) is 4.90 Å². The van der Waals surface area contributed by atoms with Crippen LogP contribution in [0.3, 0.4) is 0 Å². The largest absolute Gasteiger partial charge is 0.497 e. The van der Waals surface area contributed by atoms with Crippen molar-refractivity contribution in [2.75, 3.05) is 25.1 Å². The average molecular weight is 503 g/mol. The standard InChI is InChI=1S/C31H35ClN2O2/c1-36-28-17-11-24(12-18-28)31(35)34(26-15-13-25(32)14-16-26)27-19-21-33(22-20-27)30-10-6-5-9-29(30)23-7-3-2-4-8-23/h2-4,7-8,11-18,27,29-30H,5-6,9-10,19-22H2,1H3. The Kier molecular flexibility index (Phi) is 7.93. The van der Waals surface area contributed by atoms with Crippen molar-refractivity contribution in [2.45, 2.75) is 56.5 Å². The lowest BCUT2D eigenvalue weighted by molar-refractivity contribution is 0.0895. The van der Waals surface area contributed by atoms with Crippen LogP contribution in [0.1, 0.15) is 60.4 Å².